The number of para-hydroxylation sites is 1. The van der Waals surface area contributed by atoms with Gasteiger partial charge in [-0.1, -0.05) is 18.2 Å². The van der Waals surface area contributed by atoms with Crippen LogP contribution in [-0.4, -0.2) is 22.3 Å². The molecule has 0 saturated heterocycles. The topological polar surface area (TPSA) is 49.9 Å². The van der Waals surface area contributed by atoms with Crippen molar-refractivity contribution in [3.8, 4) is 5.75 Å². The van der Waals surface area contributed by atoms with Crippen molar-refractivity contribution in [2.24, 2.45) is 0 Å². The van der Waals surface area contributed by atoms with E-state index < -0.39 is 0 Å². The molecule has 1 unspecified atom stereocenters. The minimum Gasteiger partial charge on any atom is -0.487 e. The minimum atomic E-state index is 0.104. The molecule has 1 aromatic heterocycles. The van der Waals surface area contributed by atoms with Gasteiger partial charge in [0.25, 0.3) is 0 Å². The lowest BCUT2D eigenvalue weighted by Gasteiger charge is -2.48. The molecule has 0 radical (unpaired) electrons. The third-order valence-electron chi connectivity index (χ3n) is 5.41. The smallest absolute Gasteiger partial charge is 0.124 e. The second kappa shape index (κ2) is 6.00. The summed E-state index contributed by atoms with van der Waals surface area (Å²) in [6.45, 7) is 3.12. The molecular weight excluding hydrogens is 286 g/mol. The Morgan fingerprint density at radius 2 is 2.22 bits per heavy atom. The summed E-state index contributed by atoms with van der Waals surface area (Å²) < 4.78 is 6.31. The normalized spacial score (nSPS) is 21.5. The fourth-order valence-electron chi connectivity index (χ4n) is 3.86. The van der Waals surface area contributed by atoms with Crippen LogP contribution >= 0.6 is 0 Å². The van der Waals surface area contributed by atoms with Crippen molar-refractivity contribution in [3.05, 3.63) is 47.3 Å². The molecular formula is C19H25N3O. The van der Waals surface area contributed by atoms with E-state index in [0.717, 1.165) is 31.6 Å². The summed E-state index contributed by atoms with van der Waals surface area (Å²) in [6.07, 6.45) is 8.96. The van der Waals surface area contributed by atoms with E-state index in [1.54, 1.807) is 0 Å². The number of fused-ring (bicyclic) bond motifs is 1. The van der Waals surface area contributed by atoms with Gasteiger partial charge in [0, 0.05) is 23.7 Å². The van der Waals surface area contributed by atoms with Crippen LogP contribution < -0.4 is 10.1 Å². The van der Waals surface area contributed by atoms with E-state index in [0.29, 0.717) is 6.04 Å². The lowest BCUT2D eigenvalue weighted by Crippen LogP contribution is -2.49. The molecule has 23 heavy (non-hydrogen) atoms. The highest BCUT2D eigenvalue weighted by Crippen LogP contribution is 2.48. The SMILES string of the molecule is Cc1[nH]ncc1CCCNC1CC2(CCC2)Oc2ccccc21. The van der Waals surface area contributed by atoms with Crippen LogP contribution in [0.25, 0.3) is 0 Å². The van der Waals surface area contributed by atoms with Gasteiger partial charge in [-0.15, -0.1) is 0 Å². The van der Waals surface area contributed by atoms with Gasteiger partial charge >= 0.3 is 0 Å². The molecule has 4 nitrogen and oxygen atoms in total. The molecule has 0 amide bonds. The van der Waals surface area contributed by atoms with Gasteiger partial charge in [0.1, 0.15) is 11.4 Å². The van der Waals surface area contributed by atoms with Crippen LogP contribution in [0.15, 0.2) is 30.5 Å². The van der Waals surface area contributed by atoms with Crippen molar-refractivity contribution in [3.63, 3.8) is 0 Å². The third kappa shape index (κ3) is 2.88. The standard InChI is InChI=1S/C19H25N3O/c1-14-15(13-21-22-14)6-4-11-20-17-12-19(9-5-10-19)23-18-8-3-2-7-16(17)18/h2-3,7-8,13,17,20H,4-6,9-12H2,1H3,(H,21,22). The Morgan fingerprint density at radius 3 is 2.96 bits per heavy atom. The molecule has 0 bridgehead atoms. The van der Waals surface area contributed by atoms with Crippen molar-refractivity contribution >= 4 is 0 Å². The van der Waals surface area contributed by atoms with Crippen LogP contribution in [0.3, 0.4) is 0 Å². The number of benzene rings is 1. The zero-order valence-corrected chi connectivity index (χ0v) is 13.8. The van der Waals surface area contributed by atoms with Crippen molar-refractivity contribution in [2.75, 3.05) is 6.54 Å². The summed E-state index contributed by atoms with van der Waals surface area (Å²) >= 11 is 0. The Bertz CT molecular complexity index is 675. The first-order chi connectivity index (χ1) is 11.3. The third-order valence-corrected chi connectivity index (χ3v) is 5.41. The van der Waals surface area contributed by atoms with Crippen LogP contribution in [0, 0.1) is 6.92 Å². The molecule has 1 aliphatic heterocycles. The number of aryl methyl sites for hydroxylation is 2. The van der Waals surface area contributed by atoms with Crippen molar-refractivity contribution in [1.29, 1.82) is 0 Å². The van der Waals surface area contributed by atoms with E-state index in [2.05, 4.69) is 46.7 Å². The lowest BCUT2D eigenvalue weighted by atomic mass is 9.73. The highest BCUT2D eigenvalue weighted by Gasteiger charge is 2.45. The summed E-state index contributed by atoms with van der Waals surface area (Å²) in [4.78, 5) is 0. The largest absolute Gasteiger partial charge is 0.487 e. The molecule has 4 heteroatoms. The number of hydrogen-bond acceptors (Lipinski definition) is 3. The minimum absolute atomic E-state index is 0.104. The molecule has 1 fully saturated rings. The van der Waals surface area contributed by atoms with Gasteiger partial charge in [-0.05, 0) is 57.2 Å². The average Bonchev–Trinajstić information content (AvgIpc) is 2.95. The Balaban J connectivity index is 1.39. The number of aromatic amines is 1. The average molecular weight is 311 g/mol. The highest BCUT2D eigenvalue weighted by atomic mass is 16.5. The van der Waals surface area contributed by atoms with Gasteiger partial charge < -0.3 is 10.1 Å². The zero-order valence-electron chi connectivity index (χ0n) is 13.8. The molecule has 122 valence electrons. The highest BCUT2D eigenvalue weighted by molar-refractivity contribution is 5.39. The second-order valence-corrected chi connectivity index (χ2v) is 7.01. The number of ether oxygens (including phenoxy) is 1. The summed E-state index contributed by atoms with van der Waals surface area (Å²) in [6, 6.07) is 8.95. The molecule has 2 aromatic rings. The maximum Gasteiger partial charge on any atom is 0.124 e. The van der Waals surface area contributed by atoms with Crippen LogP contribution in [0.2, 0.25) is 0 Å². The molecule has 4 rings (SSSR count). The quantitative estimate of drug-likeness (QED) is 0.828. The van der Waals surface area contributed by atoms with Crippen LogP contribution in [0.1, 0.15) is 55.0 Å². The van der Waals surface area contributed by atoms with E-state index in [4.69, 9.17) is 4.74 Å². The summed E-state index contributed by atoms with van der Waals surface area (Å²) in [5, 5.41) is 10.9. The Morgan fingerprint density at radius 1 is 1.35 bits per heavy atom. The second-order valence-electron chi connectivity index (χ2n) is 7.01. The Labute approximate surface area is 137 Å². The fourth-order valence-corrected chi connectivity index (χ4v) is 3.86. The monoisotopic (exact) mass is 311 g/mol. The number of H-pyrrole nitrogens is 1. The maximum atomic E-state index is 6.31. The molecule has 1 saturated carbocycles. The van der Waals surface area contributed by atoms with Crippen molar-refractivity contribution in [2.45, 2.75) is 57.1 Å². The van der Waals surface area contributed by atoms with Gasteiger partial charge in [-0.25, -0.2) is 0 Å². The fraction of sp³-hybridized carbons (Fsp3) is 0.526. The van der Waals surface area contributed by atoms with Crippen molar-refractivity contribution in [1.82, 2.24) is 15.5 Å². The van der Waals surface area contributed by atoms with E-state index in [-0.39, 0.29) is 5.60 Å². The number of aromatic nitrogens is 2. The van der Waals surface area contributed by atoms with Gasteiger partial charge in [-0.2, -0.15) is 5.10 Å². The molecule has 1 aliphatic carbocycles. The first-order valence-corrected chi connectivity index (χ1v) is 8.76. The van der Waals surface area contributed by atoms with Crippen LogP contribution in [0.4, 0.5) is 0 Å². The lowest BCUT2D eigenvalue weighted by molar-refractivity contribution is -0.0368. The van der Waals surface area contributed by atoms with Crippen molar-refractivity contribution < 1.29 is 4.74 Å². The number of nitrogens with zero attached hydrogens (tertiary/aromatic N) is 1. The first-order valence-electron chi connectivity index (χ1n) is 8.76. The summed E-state index contributed by atoms with van der Waals surface area (Å²) in [5.41, 5.74) is 3.95. The summed E-state index contributed by atoms with van der Waals surface area (Å²) in [5.74, 6) is 1.08. The zero-order chi connectivity index (χ0) is 15.7. The van der Waals surface area contributed by atoms with E-state index in [1.807, 2.05) is 6.20 Å². The molecule has 2 aliphatic rings. The molecule has 2 heterocycles. The van der Waals surface area contributed by atoms with Crippen LogP contribution in [-0.2, 0) is 6.42 Å². The predicted octanol–water partition coefficient (Wildman–Crippen LogP) is 3.69. The van der Waals surface area contributed by atoms with Gasteiger partial charge in [-0.3, -0.25) is 5.10 Å². The van der Waals surface area contributed by atoms with Gasteiger partial charge in [0.2, 0.25) is 0 Å². The molecule has 1 spiro atoms. The number of hydrogen-bond donors (Lipinski definition) is 2. The molecule has 1 aromatic carbocycles. The number of nitrogens with one attached hydrogen (secondary N) is 2. The van der Waals surface area contributed by atoms with E-state index >= 15 is 0 Å². The van der Waals surface area contributed by atoms with Gasteiger partial charge in [0.05, 0.1) is 6.20 Å². The Hall–Kier alpha value is -1.81. The van der Waals surface area contributed by atoms with E-state index in [1.165, 1.54) is 36.1 Å². The first kappa shape index (κ1) is 14.8. The Kier molecular flexibility index (Phi) is 3.85. The van der Waals surface area contributed by atoms with Gasteiger partial charge in [0.15, 0.2) is 0 Å². The summed E-state index contributed by atoms with van der Waals surface area (Å²) in [7, 11) is 0. The predicted molar refractivity (Wildman–Crippen MR) is 90.7 cm³/mol. The van der Waals surface area contributed by atoms with Crippen LogP contribution in [0.5, 0.6) is 5.75 Å². The molecule has 2 N–H and O–H groups in total. The van der Waals surface area contributed by atoms with E-state index in [9.17, 15) is 0 Å². The molecule has 1 atom stereocenters. The maximum absolute atomic E-state index is 6.31. The number of rotatable bonds is 5.